The van der Waals surface area contributed by atoms with Crippen LogP contribution in [-0.2, 0) is 16.0 Å². The molecule has 2 aromatic carbocycles. The molecule has 1 fully saturated rings. The monoisotopic (exact) mass is 435 g/mol. The molecule has 1 unspecified atom stereocenters. The van der Waals surface area contributed by atoms with Crippen molar-refractivity contribution in [1.29, 1.82) is 0 Å². The number of aliphatic hydroxyl groups is 1. The Morgan fingerprint density at radius 3 is 2.48 bits per heavy atom. The quantitative estimate of drug-likeness (QED) is 0.369. The molecular weight excluding hydrogens is 414 g/mol. The summed E-state index contributed by atoms with van der Waals surface area (Å²) in [6.45, 7) is 3.87. The fourth-order valence-corrected chi connectivity index (χ4v) is 4.37. The van der Waals surface area contributed by atoms with Gasteiger partial charge in [0, 0.05) is 11.1 Å². The summed E-state index contributed by atoms with van der Waals surface area (Å²) in [7, 11) is 1.52. The molecule has 1 N–H and O–H groups in total. The van der Waals surface area contributed by atoms with E-state index in [2.05, 4.69) is 10.2 Å². The van der Waals surface area contributed by atoms with Crippen LogP contribution in [0.1, 0.15) is 34.7 Å². The van der Waals surface area contributed by atoms with Crippen molar-refractivity contribution in [3.05, 3.63) is 75.8 Å². The van der Waals surface area contributed by atoms with Crippen molar-refractivity contribution in [1.82, 2.24) is 10.2 Å². The number of benzene rings is 2. The van der Waals surface area contributed by atoms with Gasteiger partial charge in [0.1, 0.15) is 22.6 Å². The minimum absolute atomic E-state index is 0.00778. The van der Waals surface area contributed by atoms with Crippen LogP contribution in [0, 0.1) is 6.92 Å². The van der Waals surface area contributed by atoms with E-state index in [1.807, 2.05) is 26.0 Å². The lowest BCUT2D eigenvalue weighted by Gasteiger charge is -2.24. The normalized spacial score (nSPS) is 17.9. The molecule has 8 heteroatoms. The molecule has 7 nitrogen and oxygen atoms in total. The van der Waals surface area contributed by atoms with Crippen LogP contribution < -0.4 is 9.64 Å². The van der Waals surface area contributed by atoms with Gasteiger partial charge in [-0.05, 0) is 19.4 Å². The number of hydrogen-bond acceptors (Lipinski definition) is 7. The third-order valence-corrected chi connectivity index (χ3v) is 6.23. The van der Waals surface area contributed by atoms with Gasteiger partial charge in [-0.25, -0.2) is 0 Å². The maximum Gasteiger partial charge on any atom is 0.301 e. The van der Waals surface area contributed by atoms with Crippen molar-refractivity contribution >= 4 is 33.9 Å². The van der Waals surface area contributed by atoms with Crippen LogP contribution in [0.2, 0.25) is 0 Å². The van der Waals surface area contributed by atoms with E-state index in [1.165, 1.54) is 23.3 Å². The van der Waals surface area contributed by atoms with Crippen LogP contribution in [0.25, 0.3) is 5.76 Å². The van der Waals surface area contributed by atoms with Gasteiger partial charge >= 0.3 is 5.91 Å². The first kappa shape index (κ1) is 20.7. The molecule has 4 rings (SSSR count). The number of methoxy groups -OCH3 is 1. The van der Waals surface area contributed by atoms with Crippen LogP contribution in [0.4, 0.5) is 5.13 Å². The maximum absolute atomic E-state index is 13.1. The summed E-state index contributed by atoms with van der Waals surface area (Å²) >= 11 is 1.24. The first-order valence-corrected chi connectivity index (χ1v) is 10.6. The van der Waals surface area contributed by atoms with Crippen molar-refractivity contribution in [2.75, 3.05) is 12.0 Å². The second kappa shape index (κ2) is 8.31. The molecule has 1 atom stereocenters. The van der Waals surface area contributed by atoms with Gasteiger partial charge in [0.05, 0.1) is 12.7 Å². The van der Waals surface area contributed by atoms with E-state index in [4.69, 9.17) is 4.74 Å². The molecule has 0 bridgehead atoms. The molecule has 1 amide bonds. The molecule has 31 heavy (non-hydrogen) atoms. The number of para-hydroxylation sites is 1. The zero-order valence-corrected chi connectivity index (χ0v) is 18.1. The summed E-state index contributed by atoms with van der Waals surface area (Å²) in [5.74, 6) is -1.28. The number of Topliss-reactive ketones (excluding diaryl/α,β-unsaturated/α-hetero) is 1. The lowest BCUT2D eigenvalue weighted by molar-refractivity contribution is -0.132. The zero-order chi connectivity index (χ0) is 22.1. The number of hydrogen-bond donors (Lipinski definition) is 1. The molecular formula is C23H21N3O4S. The van der Waals surface area contributed by atoms with E-state index in [0.717, 1.165) is 10.6 Å². The lowest BCUT2D eigenvalue weighted by atomic mass is 9.94. The molecule has 1 saturated heterocycles. The Bertz CT molecular complexity index is 1180. The molecule has 2 heterocycles. The van der Waals surface area contributed by atoms with Gasteiger partial charge in [-0.2, -0.15) is 0 Å². The predicted octanol–water partition coefficient (Wildman–Crippen LogP) is 4.04. The Kier molecular flexibility index (Phi) is 5.56. The number of aromatic nitrogens is 2. The fraction of sp³-hybridized carbons (Fsp3) is 0.217. The number of amides is 1. The Labute approximate surface area is 183 Å². The van der Waals surface area contributed by atoms with Gasteiger partial charge in [-0.3, -0.25) is 14.5 Å². The van der Waals surface area contributed by atoms with Crippen molar-refractivity contribution in [2.24, 2.45) is 0 Å². The first-order valence-electron chi connectivity index (χ1n) is 9.79. The summed E-state index contributed by atoms with van der Waals surface area (Å²) in [4.78, 5) is 27.6. The summed E-state index contributed by atoms with van der Waals surface area (Å²) < 4.78 is 5.50. The predicted molar refractivity (Wildman–Crippen MR) is 118 cm³/mol. The third-order valence-electron chi connectivity index (χ3n) is 5.17. The number of ketones is 1. The molecule has 0 radical (unpaired) electrons. The number of carbonyl (C=O) groups is 2. The highest BCUT2D eigenvalue weighted by Gasteiger charge is 2.49. The average molecular weight is 436 g/mol. The molecule has 1 aromatic heterocycles. The second-order valence-electron chi connectivity index (χ2n) is 7.11. The van der Waals surface area contributed by atoms with Gasteiger partial charge in [0.15, 0.2) is 0 Å². The van der Waals surface area contributed by atoms with Gasteiger partial charge in [0.2, 0.25) is 5.13 Å². The Balaban J connectivity index is 1.96. The number of aliphatic hydroxyl groups excluding tert-OH is 1. The molecule has 0 saturated carbocycles. The van der Waals surface area contributed by atoms with Crippen molar-refractivity contribution in [3.8, 4) is 5.75 Å². The van der Waals surface area contributed by atoms with E-state index in [0.29, 0.717) is 28.4 Å². The highest BCUT2D eigenvalue weighted by atomic mass is 32.1. The van der Waals surface area contributed by atoms with Gasteiger partial charge in [-0.15, -0.1) is 10.2 Å². The van der Waals surface area contributed by atoms with E-state index in [-0.39, 0.29) is 11.3 Å². The minimum atomic E-state index is -0.893. The summed E-state index contributed by atoms with van der Waals surface area (Å²) in [6.07, 6.45) is 0.657. The average Bonchev–Trinajstić information content (AvgIpc) is 3.36. The number of ether oxygens (including phenoxy) is 1. The fourth-order valence-electron chi connectivity index (χ4n) is 3.57. The smallest absolute Gasteiger partial charge is 0.301 e. The molecule has 0 spiro atoms. The van der Waals surface area contributed by atoms with Crippen LogP contribution >= 0.6 is 11.3 Å². The van der Waals surface area contributed by atoms with Crippen LogP contribution in [0.5, 0.6) is 5.75 Å². The summed E-state index contributed by atoms with van der Waals surface area (Å²) in [5, 5.41) is 20.4. The maximum atomic E-state index is 13.1. The number of carbonyl (C=O) groups excluding carboxylic acids is 2. The largest absolute Gasteiger partial charge is 0.507 e. The van der Waals surface area contributed by atoms with Gasteiger partial charge < -0.3 is 9.84 Å². The van der Waals surface area contributed by atoms with Crippen LogP contribution in [0.15, 0.2) is 54.1 Å². The molecule has 3 aromatic rings. The van der Waals surface area contributed by atoms with Crippen molar-refractivity contribution < 1.29 is 19.4 Å². The highest BCUT2D eigenvalue weighted by molar-refractivity contribution is 7.15. The van der Waals surface area contributed by atoms with E-state index in [9.17, 15) is 14.7 Å². The Morgan fingerprint density at radius 2 is 1.84 bits per heavy atom. The van der Waals surface area contributed by atoms with Crippen molar-refractivity contribution in [2.45, 2.75) is 26.3 Å². The van der Waals surface area contributed by atoms with Gasteiger partial charge in [-0.1, -0.05) is 66.3 Å². The van der Waals surface area contributed by atoms with Crippen LogP contribution in [0.3, 0.4) is 0 Å². The topological polar surface area (TPSA) is 92.6 Å². The molecule has 158 valence electrons. The standard InChI is InChI=1S/C23H21N3O4S/c1-4-17-24-25-23(31-17)26-19(15-7-5-6-8-16(15)30-3)18(21(28)22(26)29)20(27)14-11-9-13(2)10-12-14/h5-12,19,27H,4H2,1-3H3/b20-18+. The third kappa shape index (κ3) is 3.59. The summed E-state index contributed by atoms with van der Waals surface area (Å²) in [6, 6.07) is 13.3. The first-order chi connectivity index (χ1) is 15.0. The highest BCUT2D eigenvalue weighted by Crippen LogP contribution is 2.45. The summed E-state index contributed by atoms with van der Waals surface area (Å²) in [5.41, 5.74) is 2.03. The zero-order valence-electron chi connectivity index (χ0n) is 17.3. The second-order valence-corrected chi connectivity index (χ2v) is 8.15. The Morgan fingerprint density at radius 1 is 1.13 bits per heavy atom. The van der Waals surface area contributed by atoms with E-state index >= 15 is 0 Å². The SMILES string of the molecule is CCc1nnc(N2C(=O)C(=O)/C(=C(/O)c3ccc(C)cc3)C2c2ccccc2OC)s1. The van der Waals surface area contributed by atoms with E-state index in [1.54, 1.807) is 36.4 Å². The lowest BCUT2D eigenvalue weighted by Crippen LogP contribution is -2.29. The molecule has 0 aliphatic carbocycles. The van der Waals surface area contributed by atoms with Gasteiger partial charge in [0.25, 0.3) is 5.78 Å². The van der Waals surface area contributed by atoms with Crippen LogP contribution in [-0.4, -0.2) is 34.1 Å². The number of rotatable bonds is 5. The molecule has 1 aliphatic rings. The number of nitrogens with zero attached hydrogens (tertiary/aromatic N) is 3. The van der Waals surface area contributed by atoms with E-state index < -0.39 is 17.7 Å². The minimum Gasteiger partial charge on any atom is -0.507 e. The number of anilines is 1. The number of aryl methyl sites for hydroxylation is 2. The molecule has 1 aliphatic heterocycles. The Hall–Kier alpha value is -3.52. The van der Waals surface area contributed by atoms with Crippen molar-refractivity contribution in [3.63, 3.8) is 0 Å².